The second kappa shape index (κ2) is 5.94. The van der Waals surface area contributed by atoms with Crippen LogP contribution in [-0.2, 0) is 11.2 Å². The SMILES string of the molecule is CNC(=O)c1ccc2c(c1)nc(C1CC1)n2-c1ccc2c(c1)CCC(=O)N2. The predicted octanol–water partition coefficient (Wildman–Crippen LogP) is 3.15. The molecule has 136 valence electrons. The molecule has 27 heavy (non-hydrogen) atoms. The van der Waals surface area contributed by atoms with Crippen LogP contribution in [0.15, 0.2) is 36.4 Å². The maximum Gasteiger partial charge on any atom is 0.251 e. The molecule has 0 radical (unpaired) electrons. The fourth-order valence-electron chi connectivity index (χ4n) is 3.78. The average Bonchev–Trinajstić information content (AvgIpc) is 3.47. The Labute approximate surface area is 156 Å². The minimum absolute atomic E-state index is 0.0729. The Hall–Kier alpha value is -3.15. The molecule has 1 fully saturated rings. The lowest BCUT2D eigenvalue weighted by atomic mass is 10.0. The van der Waals surface area contributed by atoms with Gasteiger partial charge in [-0.15, -0.1) is 0 Å². The molecule has 5 rings (SSSR count). The number of benzene rings is 2. The first-order valence-electron chi connectivity index (χ1n) is 9.31. The summed E-state index contributed by atoms with van der Waals surface area (Å²) < 4.78 is 2.21. The van der Waals surface area contributed by atoms with E-state index in [-0.39, 0.29) is 11.8 Å². The second-order valence-electron chi connectivity index (χ2n) is 7.25. The number of nitrogens with one attached hydrogen (secondary N) is 2. The van der Waals surface area contributed by atoms with E-state index < -0.39 is 0 Å². The van der Waals surface area contributed by atoms with Crippen molar-refractivity contribution in [2.24, 2.45) is 0 Å². The highest BCUT2D eigenvalue weighted by molar-refractivity contribution is 5.97. The minimum atomic E-state index is -0.107. The summed E-state index contributed by atoms with van der Waals surface area (Å²) in [5.74, 6) is 1.49. The Morgan fingerprint density at radius 3 is 2.81 bits per heavy atom. The zero-order valence-corrected chi connectivity index (χ0v) is 15.1. The first-order chi connectivity index (χ1) is 13.1. The number of carbonyl (C=O) groups is 2. The van der Waals surface area contributed by atoms with Gasteiger partial charge >= 0.3 is 0 Å². The predicted molar refractivity (Wildman–Crippen MR) is 103 cm³/mol. The fourth-order valence-corrected chi connectivity index (χ4v) is 3.78. The van der Waals surface area contributed by atoms with Crippen LogP contribution in [0.2, 0.25) is 0 Å². The molecule has 1 saturated carbocycles. The van der Waals surface area contributed by atoms with E-state index in [1.54, 1.807) is 7.05 Å². The first kappa shape index (κ1) is 16.1. The van der Waals surface area contributed by atoms with Crippen LogP contribution in [0.5, 0.6) is 0 Å². The molecule has 0 bridgehead atoms. The van der Waals surface area contributed by atoms with Gasteiger partial charge in [-0.2, -0.15) is 0 Å². The molecular formula is C21H20N4O2. The van der Waals surface area contributed by atoms with Crippen LogP contribution < -0.4 is 10.6 Å². The minimum Gasteiger partial charge on any atom is -0.355 e. The van der Waals surface area contributed by atoms with Crippen LogP contribution in [0.1, 0.15) is 46.9 Å². The van der Waals surface area contributed by atoms with Crippen molar-refractivity contribution in [2.45, 2.75) is 31.6 Å². The summed E-state index contributed by atoms with van der Waals surface area (Å²) >= 11 is 0. The molecule has 3 aromatic rings. The maximum atomic E-state index is 12.0. The molecule has 6 nitrogen and oxygen atoms in total. The molecule has 6 heteroatoms. The summed E-state index contributed by atoms with van der Waals surface area (Å²) in [4.78, 5) is 28.5. The Kier molecular flexibility index (Phi) is 3.53. The normalized spacial score (nSPS) is 16.1. The Morgan fingerprint density at radius 2 is 2.04 bits per heavy atom. The zero-order chi connectivity index (χ0) is 18.5. The number of anilines is 1. The third kappa shape index (κ3) is 2.68. The van der Waals surface area contributed by atoms with Gasteiger partial charge in [-0.3, -0.25) is 14.2 Å². The fraction of sp³-hybridized carbons (Fsp3) is 0.286. The number of carbonyl (C=O) groups excluding carboxylic acids is 2. The van der Waals surface area contributed by atoms with Crippen molar-refractivity contribution in [2.75, 3.05) is 12.4 Å². The van der Waals surface area contributed by atoms with Gasteiger partial charge in [0.1, 0.15) is 5.82 Å². The highest BCUT2D eigenvalue weighted by atomic mass is 16.2. The quantitative estimate of drug-likeness (QED) is 0.753. The number of imidazole rings is 1. The van der Waals surface area contributed by atoms with Crippen LogP contribution in [0.25, 0.3) is 16.7 Å². The number of hydrogen-bond acceptors (Lipinski definition) is 3. The third-order valence-electron chi connectivity index (χ3n) is 5.35. The summed E-state index contributed by atoms with van der Waals surface area (Å²) in [6, 6.07) is 11.8. The van der Waals surface area contributed by atoms with E-state index in [1.807, 2.05) is 30.3 Å². The number of nitrogens with zero attached hydrogens (tertiary/aromatic N) is 2. The summed E-state index contributed by atoms with van der Waals surface area (Å²) in [6.45, 7) is 0. The number of aryl methyl sites for hydroxylation is 1. The van der Waals surface area contributed by atoms with Gasteiger partial charge in [0.15, 0.2) is 0 Å². The molecule has 1 aliphatic heterocycles. The van der Waals surface area contributed by atoms with Gasteiger partial charge in [0.25, 0.3) is 5.91 Å². The average molecular weight is 360 g/mol. The number of amides is 2. The molecule has 2 N–H and O–H groups in total. The standard InChI is InChI=1S/C21H20N4O2/c1-22-21(27)14-4-8-18-17(11-14)24-20(12-2-3-12)25(18)15-6-7-16-13(10-15)5-9-19(26)23-16/h4,6-8,10-12H,2-3,5,9H2,1H3,(H,22,27)(H,23,26). The summed E-state index contributed by atoms with van der Waals surface area (Å²) in [7, 11) is 1.63. The van der Waals surface area contributed by atoms with Gasteiger partial charge in [-0.25, -0.2) is 4.98 Å². The van der Waals surface area contributed by atoms with Crippen molar-refractivity contribution in [3.8, 4) is 5.69 Å². The van der Waals surface area contributed by atoms with Gasteiger partial charge in [0.05, 0.1) is 11.0 Å². The van der Waals surface area contributed by atoms with E-state index in [0.717, 1.165) is 53.1 Å². The zero-order valence-electron chi connectivity index (χ0n) is 15.1. The Balaban J connectivity index is 1.67. The topological polar surface area (TPSA) is 76.0 Å². The molecule has 2 amide bonds. The van der Waals surface area contributed by atoms with Crippen molar-refractivity contribution in [1.29, 1.82) is 0 Å². The van der Waals surface area contributed by atoms with E-state index in [4.69, 9.17) is 4.98 Å². The number of hydrogen-bond donors (Lipinski definition) is 2. The molecule has 1 aromatic heterocycles. The maximum absolute atomic E-state index is 12.0. The van der Waals surface area contributed by atoms with Crippen LogP contribution >= 0.6 is 0 Å². The van der Waals surface area contributed by atoms with Gasteiger partial charge in [-0.05, 0) is 61.2 Å². The molecule has 2 heterocycles. The van der Waals surface area contributed by atoms with Crippen molar-refractivity contribution in [3.63, 3.8) is 0 Å². The van der Waals surface area contributed by atoms with E-state index in [9.17, 15) is 9.59 Å². The van der Waals surface area contributed by atoms with Crippen molar-refractivity contribution in [1.82, 2.24) is 14.9 Å². The molecule has 2 aromatic carbocycles. The van der Waals surface area contributed by atoms with Gasteiger partial charge < -0.3 is 10.6 Å². The van der Waals surface area contributed by atoms with E-state index in [0.29, 0.717) is 17.9 Å². The highest BCUT2D eigenvalue weighted by Gasteiger charge is 2.30. The number of aromatic nitrogens is 2. The lowest BCUT2D eigenvalue weighted by Crippen LogP contribution is -2.19. The summed E-state index contributed by atoms with van der Waals surface area (Å²) in [5, 5.41) is 5.60. The lowest BCUT2D eigenvalue weighted by Gasteiger charge is -2.18. The number of rotatable bonds is 3. The molecule has 0 atom stereocenters. The van der Waals surface area contributed by atoms with Crippen molar-refractivity contribution >= 4 is 28.5 Å². The van der Waals surface area contributed by atoms with E-state index in [1.165, 1.54) is 0 Å². The monoisotopic (exact) mass is 360 g/mol. The van der Waals surface area contributed by atoms with E-state index in [2.05, 4.69) is 21.3 Å². The first-order valence-corrected chi connectivity index (χ1v) is 9.31. The van der Waals surface area contributed by atoms with Gasteiger partial charge in [0, 0.05) is 36.3 Å². The van der Waals surface area contributed by atoms with Crippen molar-refractivity contribution < 1.29 is 9.59 Å². The van der Waals surface area contributed by atoms with Gasteiger partial charge in [0.2, 0.25) is 5.91 Å². The number of fused-ring (bicyclic) bond motifs is 2. The molecular weight excluding hydrogens is 340 g/mol. The Bertz CT molecular complexity index is 1090. The van der Waals surface area contributed by atoms with Crippen LogP contribution in [-0.4, -0.2) is 28.4 Å². The lowest BCUT2D eigenvalue weighted by molar-refractivity contribution is -0.116. The van der Waals surface area contributed by atoms with Crippen LogP contribution in [0.4, 0.5) is 5.69 Å². The third-order valence-corrected chi connectivity index (χ3v) is 5.35. The molecule has 2 aliphatic rings. The van der Waals surface area contributed by atoms with Crippen LogP contribution in [0.3, 0.4) is 0 Å². The van der Waals surface area contributed by atoms with Gasteiger partial charge in [-0.1, -0.05) is 0 Å². The summed E-state index contributed by atoms with van der Waals surface area (Å²) in [6.07, 6.45) is 3.56. The van der Waals surface area contributed by atoms with E-state index >= 15 is 0 Å². The summed E-state index contributed by atoms with van der Waals surface area (Å²) in [5.41, 5.74) is 5.56. The largest absolute Gasteiger partial charge is 0.355 e. The molecule has 1 aliphatic carbocycles. The molecule has 0 unspecified atom stereocenters. The van der Waals surface area contributed by atoms with Crippen molar-refractivity contribution in [3.05, 3.63) is 53.3 Å². The Morgan fingerprint density at radius 1 is 1.19 bits per heavy atom. The second-order valence-corrected chi connectivity index (χ2v) is 7.25. The highest BCUT2D eigenvalue weighted by Crippen LogP contribution is 2.42. The molecule has 0 spiro atoms. The molecule has 0 saturated heterocycles. The van der Waals surface area contributed by atoms with Crippen LogP contribution in [0, 0.1) is 0 Å². The smallest absolute Gasteiger partial charge is 0.251 e.